The van der Waals surface area contributed by atoms with Gasteiger partial charge in [-0.15, -0.1) is 0 Å². The van der Waals surface area contributed by atoms with Crippen molar-refractivity contribution < 1.29 is 4.74 Å². The minimum absolute atomic E-state index is 0.633. The van der Waals surface area contributed by atoms with Crippen LogP contribution in [0.4, 0.5) is 0 Å². The van der Waals surface area contributed by atoms with Gasteiger partial charge in [0, 0.05) is 32.7 Å². The number of piperazine rings is 1. The molecule has 1 heterocycles. The molecule has 1 aliphatic heterocycles. The molecular weight excluding hydrogens is 260 g/mol. The van der Waals surface area contributed by atoms with Crippen LogP contribution in [0.15, 0.2) is 24.3 Å². The summed E-state index contributed by atoms with van der Waals surface area (Å²) in [6.45, 7) is 14.5. The van der Waals surface area contributed by atoms with Crippen LogP contribution in [-0.4, -0.2) is 55.7 Å². The van der Waals surface area contributed by atoms with Gasteiger partial charge in [0.15, 0.2) is 0 Å². The van der Waals surface area contributed by atoms with Gasteiger partial charge in [-0.05, 0) is 36.6 Å². The van der Waals surface area contributed by atoms with E-state index in [1.807, 2.05) is 0 Å². The second-order valence-electron chi connectivity index (χ2n) is 6.00. The summed E-state index contributed by atoms with van der Waals surface area (Å²) in [6, 6.07) is 8.61. The predicted molar refractivity (Wildman–Crippen MR) is 89.2 cm³/mol. The Balaban J connectivity index is 1.69. The maximum Gasteiger partial charge on any atom is 0.119 e. The van der Waals surface area contributed by atoms with Crippen molar-refractivity contribution in [2.45, 2.75) is 33.1 Å². The second-order valence-corrected chi connectivity index (χ2v) is 6.00. The van der Waals surface area contributed by atoms with Gasteiger partial charge in [0.25, 0.3) is 0 Å². The van der Waals surface area contributed by atoms with Crippen molar-refractivity contribution in [2.24, 2.45) is 0 Å². The maximum absolute atomic E-state index is 5.88. The lowest BCUT2D eigenvalue weighted by atomic mass is 9.99. The Labute approximate surface area is 129 Å². The number of likely N-dealkylation sites (N-methyl/N-ethyl adjacent to an activating group) is 1. The van der Waals surface area contributed by atoms with Gasteiger partial charge in [-0.25, -0.2) is 0 Å². The first-order valence-electron chi connectivity index (χ1n) is 8.40. The van der Waals surface area contributed by atoms with Crippen LogP contribution in [0, 0.1) is 0 Å². The Hall–Kier alpha value is -1.06. The normalized spacial score (nSPS) is 18.6. The first-order valence-corrected chi connectivity index (χ1v) is 8.40. The summed E-state index contributed by atoms with van der Waals surface area (Å²) in [5, 5.41) is 0. The molecule has 0 spiro atoms. The molecule has 3 nitrogen and oxygen atoms in total. The molecule has 2 rings (SSSR count). The fraction of sp³-hybridized carbons (Fsp3) is 0.667. The minimum Gasteiger partial charge on any atom is -0.492 e. The fourth-order valence-electron chi connectivity index (χ4n) is 2.75. The van der Waals surface area contributed by atoms with E-state index in [1.54, 1.807) is 0 Å². The summed E-state index contributed by atoms with van der Waals surface area (Å²) in [5.41, 5.74) is 1.40. The zero-order valence-corrected chi connectivity index (χ0v) is 13.8. The maximum atomic E-state index is 5.88. The van der Waals surface area contributed by atoms with E-state index >= 15 is 0 Å². The lowest BCUT2D eigenvalue weighted by Crippen LogP contribution is -2.47. The van der Waals surface area contributed by atoms with Gasteiger partial charge in [0.05, 0.1) is 0 Å². The number of nitrogens with zero attached hydrogens (tertiary/aromatic N) is 2. The average Bonchev–Trinajstić information content (AvgIpc) is 2.55. The third kappa shape index (κ3) is 5.01. The molecule has 1 aliphatic rings. The van der Waals surface area contributed by atoms with E-state index in [1.165, 1.54) is 44.7 Å². The van der Waals surface area contributed by atoms with Crippen LogP contribution in [0.3, 0.4) is 0 Å². The van der Waals surface area contributed by atoms with Gasteiger partial charge in [-0.1, -0.05) is 32.9 Å². The summed E-state index contributed by atoms with van der Waals surface area (Å²) in [5.74, 6) is 1.63. The number of hydrogen-bond acceptors (Lipinski definition) is 3. The highest BCUT2D eigenvalue weighted by atomic mass is 16.5. The first kappa shape index (κ1) is 16.3. The van der Waals surface area contributed by atoms with Crippen LogP contribution < -0.4 is 4.74 Å². The molecule has 1 aromatic rings. The van der Waals surface area contributed by atoms with E-state index in [0.717, 1.165) is 18.9 Å². The molecular formula is C18H30N2O. The zero-order chi connectivity index (χ0) is 15.1. The van der Waals surface area contributed by atoms with Crippen molar-refractivity contribution in [1.82, 2.24) is 9.80 Å². The molecule has 1 saturated heterocycles. The van der Waals surface area contributed by atoms with Gasteiger partial charge < -0.3 is 9.64 Å². The molecule has 0 aromatic heterocycles. The molecule has 118 valence electrons. The third-order valence-electron chi connectivity index (χ3n) is 4.65. The summed E-state index contributed by atoms with van der Waals surface area (Å²) in [6.07, 6.45) is 1.18. The first-order chi connectivity index (χ1) is 10.2. The van der Waals surface area contributed by atoms with E-state index in [2.05, 4.69) is 54.8 Å². The standard InChI is InChI=1S/C18H30N2O/c1-4-16(3)17-6-8-18(9-7-17)21-15-14-20-12-10-19(5-2)11-13-20/h6-9,16H,4-5,10-15H2,1-3H3/t16-/m0/s1. The van der Waals surface area contributed by atoms with Crippen molar-refractivity contribution in [2.75, 3.05) is 45.9 Å². The smallest absolute Gasteiger partial charge is 0.119 e. The zero-order valence-electron chi connectivity index (χ0n) is 13.8. The quantitative estimate of drug-likeness (QED) is 0.767. The monoisotopic (exact) mass is 290 g/mol. The summed E-state index contributed by atoms with van der Waals surface area (Å²) < 4.78 is 5.88. The van der Waals surface area contributed by atoms with Crippen molar-refractivity contribution in [3.63, 3.8) is 0 Å². The molecule has 1 fully saturated rings. The molecule has 0 unspecified atom stereocenters. The highest BCUT2D eigenvalue weighted by Crippen LogP contribution is 2.21. The third-order valence-corrected chi connectivity index (χ3v) is 4.65. The van der Waals surface area contributed by atoms with Gasteiger partial charge in [-0.3, -0.25) is 4.90 Å². The SMILES string of the molecule is CC[C@H](C)c1ccc(OCCN2CCN(CC)CC2)cc1. The van der Waals surface area contributed by atoms with E-state index in [0.29, 0.717) is 5.92 Å². The van der Waals surface area contributed by atoms with Crippen LogP contribution in [0.25, 0.3) is 0 Å². The fourth-order valence-corrected chi connectivity index (χ4v) is 2.75. The Morgan fingerprint density at radius 1 is 1.00 bits per heavy atom. The Morgan fingerprint density at radius 3 is 2.19 bits per heavy atom. The van der Waals surface area contributed by atoms with Crippen molar-refractivity contribution >= 4 is 0 Å². The molecule has 0 radical (unpaired) electrons. The van der Waals surface area contributed by atoms with E-state index < -0.39 is 0 Å². The van der Waals surface area contributed by atoms with Gasteiger partial charge in [0.1, 0.15) is 12.4 Å². The molecule has 0 aliphatic carbocycles. The number of benzene rings is 1. The highest BCUT2D eigenvalue weighted by Gasteiger charge is 2.14. The molecule has 21 heavy (non-hydrogen) atoms. The number of hydrogen-bond donors (Lipinski definition) is 0. The molecule has 0 saturated carbocycles. The highest BCUT2D eigenvalue weighted by molar-refractivity contribution is 5.29. The van der Waals surface area contributed by atoms with E-state index in [-0.39, 0.29) is 0 Å². The van der Waals surface area contributed by atoms with Crippen molar-refractivity contribution in [3.05, 3.63) is 29.8 Å². The molecule has 1 atom stereocenters. The number of rotatable bonds is 7. The van der Waals surface area contributed by atoms with E-state index in [9.17, 15) is 0 Å². The van der Waals surface area contributed by atoms with Crippen LogP contribution in [0.5, 0.6) is 5.75 Å². The molecule has 0 N–H and O–H groups in total. The summed E-state index contributed by atoms with van der Waals surface area (Å²) in [7, 11) is 0. The van der Waals surface area contributed by atoms with Crippen molar-refractivity contribution in [1.29, 1.82) is 0 Å². The van der Waals surface area contributed by atoms with Crippen molar-refractivity contribution in [3.8, 4) is 5.75 Å². The van der Waals surface area contributed by atoms with Crippen LogP contribution in [0.2, 0.25) is 0 Å². The number of ether oxygens (including phenoxy) is 1. The lowest BCUT2D eigenvalue weighted by molar-refractivity contribution is 0.121. The minimum atomic E-state index is 0.633. The largest absolute Gasteiger partial charge is 0.492 e. The Morgan fingerprint density at radius 2 is 1.62 bits per heavy atom. The van der Waals surface area contributed by atoms with Crippen LogP contribution in [0.1, 0.15) is 38.7 Å². The van der Waals surface area contributed by atoms with E-state index in [4.69, 9.17) is 4.74 Å². The lowest BCUT2D eigenvalue weighted by Gasteiger charge is -2.33. The Kier molecular flexibility index (Phi) is 6.52. The van der Waals surface area contributed by atoms with Crippen LogP contribution >= 0.6 is 0 Å². The average molecular weight is 290 g/mol. The van der Waals surface area contributed by atoms with Crippen LogP contribution in [-0.2, 0) is 0 Å². The van der Waals surface area contributed by atoms with Gasteiger partial charge >= 0.3 is 0 Å². The van der Waals surface area contributed by atoms with Gasteiger partial charge in [-0.2, -0.15) is 0 Å². The second kappa shape index (κ2) is 8.40. The summed E-state index contributed by atoms with van der Waals surface area (Å²) in [4.78, 5) is 5.00. The Bertz CT molecular complexity index is 396. The molecule has 0 amide bonds. The molecule has 3 heteroatoms. The van der Waals surface area contributed by atoms with Gasteiger partial charge in [0.2, 0.25) is 0 Å². The topological polar surface area (TPSA) is 15.7 Å². The molecule has 0 bridgehead atoms. The summed E-state index contributed by atoms with van der Waals surface area (Å²) >= 11 is 0. The predicted octanol–water partition coefficient (Wildman–Crippen LogP) is 3.22. The molecule has 1 aromatic carbocycles.